The molecule has 7 nitrogen and oxygen atoms in total. The molecule has 2 rings (SSSR count). The SMILES string of the molecule is CC[C@@H](C)[C@H](NC(=O)c1cccc(F)c1)c1nnc(S(C)(=O)=O)o1. The summed E-state index contributed by atoms with van der Waals surface area (Å²) >= 11 is 0. The van der Waals surface area contributed by atoms with Crippen LogP contribution in [0.5, 0.6) is 0 Å². The van der Waals surface area contributed by atoms with Crippen LogP contribution in [0.15, 0.2) is 33.9 Å². The summed E-state index contributed by atoms with van der Waals surface area (Å²) in [4.78, 5) is 12.3. The average Bonchev–Trinajstić information content (AvgIpc) is 3.01. The summed E-state index contributed by atoms with van der Waals surface area (Å²) in [7, 11) is -3.64. The van der Waals surface area contributed by atoms with Crippen molar-refractivity contribution in [2.45, 2.75) is 31.5 Å². The average molecular weight is 355 g/mol. The van der Waals surface area contributed by atoms with E-state index in [0.29, 0.717) is 6.42 Å². The van der Waals surface area contributed by atoms with Crippen LogP contribution in [0, 0.1) is 11.7 Å². The summed E-state index contributed by atoms with van der Waals surface area (Å²) in [6.45, 7) is 3.75. The molecule has 9 heteroatoms. The van der Waals surface area contributed by atoms with Crippen LogP contribution in [0.1, 0.15) is 42.6 Å². The molecule has 0 bridgehead atoms. The van der Waals surface area contributed by atoms with E-state index in [9.17, 15) is 17.6 Å². The van der Waals surface area contributed by atoms with Gasteiger partial charge in [0.25, 0.3) is 5.91 Å². The summed E-state index contributed by atoms with van der Waals surface area (Å²) in [5, 5.41) is 9.42. The van der Waals surface area contributed by atoms with Crippen LogP contribution >= 0.6 is 0 Å². The minimum Gasteiger partial charge on any atom is -0.410 e. The van der Waals surface area contributed by atoms with Gasteiger partial charge in [0.1, 0.15) is 11.9 Å². The molecule has 0 fully saturated rings. The molecule has 1 N–H and O–H groups in total. The van der Waals surface area contributed by atoms with Crippen LogP contribution in [-0.2, 0) is 9.84 Å². The van der Waals surface area contributed by atoms with E-state index < -0.39 is 32.8 Å². The summed E-state index contributed by atoms with van der Waals surface area (Å²) in [6, 6.07) is 4.56. The molecule has 2 atom stereocenters. The summed E-state index contributed by atoms with van der Waals surface area (Å²) in [6.07, 6.45) is 1.62. The van der Waals surface area contributed by atoms with Crippen molar-refractivity contribution in [1.29, 1.82) is 0 Å². The largest absolute Gasteiger partial charge is 0.410 e. The molecule has 0 spiro atoms. The molecule has 1 aromatic carbocycles. The fraction of sp³-hybridized carbons (Fsp3) is 0.400. The maximum atomic E-state index is 13.3. The number of hydrogen-bond acceptors (Lipinski definition) is 6. The van der Waals surface area contributed by atoms with E-state index in [1.54, 1.807) is 0 Å². The van der Waals surface area contributed by atoms with Gasteiger partial charge in [-0.25, -0.2) is 12.8 Å². The van der Waals surface area contributed by atoms with Crippen molar-refractivity contribution in [1.82, 2.24) is 15.5 Å². The highest BCUT2D eigenvalue weighted by atomic mass is 32.2. The number of hydrogen-bond donors (Lipinski definition) is 1. The maximum absolute atomic E-state index is 13.3. The topological polar surface area (TPSA) is 102 Å². The van der Waals surface area contributed by atoms with Crippen LogP contribution in [0.25, 0.3) is 0 Å². The molecule has 0 unspecified atom stereocenters. The van der Waals surface area contributed by atoms with E-state index >= 15 is 0 Å². The van der Waals surface area contributed by atoms with Gasteiger partial charge in [0.2, 0.25) is 15.7 Å². The number of amides is 1. The highest BCUT2D eigenvalue weighted by Crippen LogP contribution is 2.25. The van der Waals surface area contributed by atoms with E-state index in [2.05, 4.69) is 15.5 Å². The zero-order chi connectivity index (χ0) is 17.9. The van der Waals surface area contributed by atoms with Crippen molar-refractivity contribution in [3.05, 3.63) is 41.5 Å². The van der Waals surface area contributed by atoms with Crippen LogP contribution in [0.3, 0.4) is 0 Å². The predicted molar refractivity (Wildman–Crippen MR) is 83.5 cm³/mol. The van der Waals surface area contributed by atoms with Crippen molar-refractivity contribution in [2.75, 3.05) is 6.26 Å². The van der Waals surface area contributed by atoms with Crippen LogP contribution in [0.2, 0.25) is 0 Å². The third-order valence-corrected chi connectivity index (χ3v) is 4.39. The van der Waals surface area contributed by atoms with Gasteiger partial charge in [0.15, 0.2) is 0 Å². The first-order valence-corrected chi connectivity index (χ1v) is 9.21. The Morgan fingerprint density at radius 1 is 1.38 bits per heavy atom. The smallest absolute Gasteiger partial charge is 0.335 e. The van der Waals surface area contributed by atoms with Gasteiger partial charge in [-0.2, -0.15) is 0 Å². The number of carbonyl (C=O) groups is 1. The van der Waals surface area contributed by atoms with Gasteiger partial charge in [-0.1, -0.05) is 31.4 Å². The van der Waals surface area contributed by atoms with Crippen molar-refractivity contribution in [3.63, 3.8) is 0 Å². The van der Waals surface area contributed by atoms with Crippen molar-refractivity contribution in [3.8, 4) is 0 Å². The number of rotatable bonds is 6. The van der Waals surface area contributed by atoms with E-state index in [-0.39, 0.29) is 17.4 Å². The van der Waals surface area contributed by atoms with E-state index in [1.165, 1.54) is 18.2 Å². The second-order valence-corrected chi connectivity index (χ2v) is 7.42. The zero-order valence-corrected chi connectivity index (χ0v) is 14.3. The Morgan fingerprint density at radius 2 is 2.08 bits per heavy atom. The molecule has 2 aromatic rings. The van der Waals surface area contributed by atoms with Crippen LogP contribution < -0.4 is 5.32 Å². The molecular formula is C15H18FN3O4S. The lowest BCUT2D eigenvalue weighted by Crippen LogP contribution is -2.32. The second-order valence-electron chi connectivity index (χ2n) is 5.53. The Bertz CT molecular complexity index is 835. The highest BCUT2D eigenvalue weighted by molar-refractivity contribution is 7.90. The molecule has 130 valence electrons. The first-order valence-electron chi connectivity index (χ1n) is 7.32. The molecule has 0 radical (unpaired) electrons. The Morgan fingerprint density at radius 3 is 2.62 bits per heavy atom. The van der Waals surface area contributed by atoms with Crippen LogP contribution in [-0.4, -0.2) is 30.8 Å². The Kier molecular flexibility index (Phi) is 5.33. The number of nitrogens with zero attached hydrogens (tertiary/aromatic N) is 2. The van der Waals surface area contributed by atoms with Crippen LogP contribution in [0.4, 0.5) is 4.39 Å². The van der Waals surface area contributed by atoms with Gasteiger partial charge >= 0.3 is 5.22 Å². The maximum Gasteiger partial charge on any atom is 0.335 e. The minimum absolute atomic E-state index is 0.00507. The number of nitrogens with one attached hydrogen (secondary N) is 1. The lowest BCUT2D eigenvalue weighted by Gasteiger charge is -2.21. The highest BCUT2D eigenvalue weighted by Gasteiger charge is 2.28. The molecular weight excluding hydrogens is 337 g/mol. The quantitative estimate of drug-likeness (QED) is 0.851. The molecule has 0 aliphatic heterocycles. The Balaban J connectivity index is 2.29. The van der Waals surface area contributed by atoms with Crippen molar-refractivity contribution >= 4 is 15.7 Å². The molecule has 1 amide bonds. The molecule has 1 aromatic heterocycles. The van der Waals surface area contributed by atoms with E-state index in [1.807, 2.05) is 13.8 Å². The standard InChI is InChI=1S/C15H18FN3O4S/c1-4-9(2)12(14-18-19-15(23-14)24(3,21)22)17-13(20)10-6-5-7-11(16)8-10/h5-9,12H,4H2,1-3H3,(H,17,20)/t9-,12+/m1/s1. The third-order valence-electron chi connectivity index (χ3n) is 3.59. The number of halogens is 1. The van der Waals surface area contributed by atoms with Gasteiger partial charge in [0.05, 0.1) is 0 Å². The number of benzene rings is 1. The summed E-state index contributed by atoms with van der Waals surface area (Å²) in [5.74, 6) is -1.15. The molecule has 1 heterocycles. The number of aromatic nitrogens is 2. The summed E-state index contributed by atoms with van der Waals surface area (Å²) in [5.41, 5.74) is 0.145. The lowest BCUT2D eigenvalue weighted by molar-refractivity contribution is 0.0911. The normalized spacial score (nSPS) is 14.2. The lowest BCUT2D eigenvalue weighted by atomic mass is 9.98. The Hall–Kier alpha value is -2.29. The molecule has 0 aliphatic carbocycles. The number of carbonyl (C=O) groups excluding carboxylic acids is 1. The van der Waals surface area contributed by atoms with Gasteiger partial charge in [-0.3, -0.25) is 4.79 Å². The molecule has 24 heavy (non-hydrogen) atoms. The first-order chi connectivity index (χ1) is 11.2. The monoisotopic (exact) mass is 355 g/mol. The zero-order valence-electron chi connectivity index (χ0n) is 13.5. The first kappa shape index (κ1) is 18.1. The number of sulfone groups is 1. The van der Waals surface area contributed by atoms with E-state index in [4.69, 9.17) is 4.42 Å². The van der Waals surface area contributed by atoms with Crippen molar-refractivity contribution in [2.24, 2.45) is 5.92 Å². The van der Waals surface area contributed by atoms with Gasteiger partial charge in [-0.05, 0) is 24.1 Å². The fourth-order valence-electron chi connectivity index (χ4n) is 2.03. The van der Waals surface area contributed by atoms with Gasteiger partial charge in [0, 0.05) is 11.8 Å². The summed E-state index contributed by atoms with van der Waals surface area (Å²) < 4.78 is 41.4. The fourth-order valence-corrected chi connectivity index (χ4v) is 2.46. The van der Waals surface area contributed by atoms with E-state index in [0.717, 1.165) is 12.3 Å². The predicted octanol–water partition coefficient (Wildman–Crippen LogP) is 2.13. The molecule has 0 saturated carbocycles. The minimum atomic E-state index is -3.64. The van der Waals surface area contributed by atoms with Gasteiger partial charge < -0.3 is 9.73 Å². The molecule has 0 aliphatic rings. The second kappa shape index (κ2) is 7.08. The molecule has 0 saturated heterocycles. The van der Waals surface area contributed by atoms with Crippen molar-refractivity contribution < 1.29 is 22.0 Å². The van der Waals surface area contributed by atoms with Gasteiger partial charge in [-0.15, -0.1) is 5.10 Å². The third kappa shape index (κ3) is 4.16. The Labute approximate surface area is 139 Å².